The molecule has 0 unspecified atom stereocenters. The first-order chi connectivity index (χ1) is 6.79. The highest BCUT2D eigenvalue weighted by Crippen LogP contribution is 2.09. The first kappa shape index (κ1) is 10.4. The fraction of sp³-hybridized carbons (Fsp3) is 0.182. The minimum atomic E-state index is -0.531. The van der Waals surface area contributed by atoms with Gasteiger partial charge in [-0.25, -0.2) is 4.39 Å². The topological polar surface area (TPSA) is 29.1 Å². The van der Waals surface area contributed by atoms with Gasteiger partial charge in [0.2, 0.25) is 0 Å². The number of aldehydes is 1. The summed E-state index contributed by atoms with van der Waals surface area (Å²) in [5.41, 5.74) is 0.450. The van der Waals surface area contributed by atoms with Gasteiger partial charge >= 0.3 is 0 Å². The van der Waals surface area contributed by atoms with Crippen molar-refractivity contribution in [1.82, 2.24) is 5.32 Å². The molecule has 0 aliphatic heterocycles. The normalized spacial score (nSPS) is 9.00. The van der Waals surface area contributed by atoms with Crippen molar-refractivity contribution in [3.05, 3.63) is 35.1 Å². The third kappa shape index (κ3) is 2.41. The van der Waals surface area contributed by atoms with Crippen LogP contribution in [0.4, 0.5) is 4.39 Å². The summed E-state index contributed by atoms with van der Waals surface area (Å²) in [6, 6.07) is 4.40. The second kappa shape index (κ2) is 5.15. The van der Waals surface area contributed by atoms with Crippen molar-refractivity contribution in [3.8, 4) is 11.8 Å². The average molecular weight is 191 g/mol. The van der Waals surface area contributed by atoms with Crippen LogP contribution in [-0.2, 0) is 0 Å². The lowest BCUT2D eigenvalue weighted by atomic mass is 10.1. The van der Waals surface area contributed by atoms with Gasteiger partial charge in [-0.2, -0.15) is 0 Å². The summed E-state index contributed by atoms with van der Waals surface area (Å²) in [7, 11) is 1.76. The van der Waals surface area contributed by atoms with E-state index in [2.05, 4.69) is 17.2 Å². The van der Waals surface area contributed by atoms with Crippen molar-refractivity contribution < 1.29 is 9.18 Å². The van der Waals surface area contributed by atoms with Gasteiger partial charge in [0.15, 0.2) is 6.29 Å². The van der Waals surface area contributed by atoms with Crippen molar-refractivity contribution in [3.63, 3.8) is 0 Å². The number of benzene rings is 1. The lowest BCUT2D eigenvalue weighted by molar-refractivity contribution is 0.111. The van der Waals surface area contributed by atoms with Gasteiger partial charge in [0.05, 0.1) is 12.1 Å². The number of halogens is 1. The van der Waals surface area contributed by atoms with E-state index in [4.69, 9.17) is 0 Å². The lowest BCUT2D eigenvalue weighted by Crippen LogP contribution is -2.04. The first-order valence-electron chi connectivity index (χ1n) is 4.16. The van der Waals surface area contributed by atoms with Crippen LogP contribution in [0.15, 0.2) is 18.2 Å². The minimum absolute atomic E-state index is 0.0242. The molecule has 0 bridgehead atoms. The molecule has 0 aliphatic rings. The zero-order chi connectivity index (χ0) is 10.4. The maximum Gasteiger partial charge on any atom is 0.154 e. The van der Waals surface area contributed by atoms with E-state index in [0.29, 0.717) is 18.4 Å². The van der Waals surface area contributed by atoms with Crippen LogP contribution in [0.1, 0.15) is 15.9 Å². The summed E-state index contributed by atoms with van der Waals surface area (Å²) in [6.45, 7) is 0.509. The Morgan fingerprint density at radius 1 is 1.57 bits per heavy atom. The van der Waals surface area contributed by atoms with Gasteiger partial charge in [-0.05, 0) is 19.2 Å². The average Bonchev–Trinajstić information content (AvgIpc) is 2.18. The molecule has 1 N–H and O–H groups in total. The number of nitrogens with one attached hydrogen (secondary N) is 1. The van der Waals surface area contributed by atoms with Crippen molar-refractivity contribution >= 4 is 6.29 Å². The predicted molar refractivity (Wildman–Crippen MR) is 52.6 cm³/mol. The Bertz CT molecular complexity index is 390. The van der Waals surface area contributed by atoms with Gasteiger partial charge in [-0.1, -0.05) is 17.9 Å². The Morgan fingerprint density at radius 2 is 2.36 bits per heavy atom. The molecular weight excluding hydrogens is 181 g/mol. The monoisotopic (exact) mass is 191 g/mol. The van der Waals surface area contributed by atoms with Crippen LogP contribution < -0.4 is 5.32 Å². The van der Waals surface area contributed by atoms with Gasteiger partial charge in [-0.3, -0.25) is 4.79 Å². The Kier molecular flexibility index (Phi) is 3.84. The molecule has 0 atom stereocenters. The predicted octanol–water partition coefficient (Wildman–Crippen LogP) is 1.21. The largest absolute Gasteiger partial charge is 0.309 e. The van der Waals surface area contributed by atoms with Crippen LogP contribution >= 0.6 is 0 Å². The Labute approximate surface area is 82.1 Å². The molecule has 0 amide bonds. The molecule has 0 saturated carbocycles. The van der Waals surface area contributed by atoms with Crippen molar-refractivity contribution in [1.29, 1.82) is 0 Å². The van der Waals surface area contributed by atoms with Crippen LogP contribution in [0.2, 0.25) is 0 Å². The van der Waals surface area contributed by atoms with Gasteiger partial charge in [-0.15, -0.1) is 0 Å². The Morgan fingerprint density at radius 3 is 3.00 bits per heavy atom. The number of carbonyl (C=O) groups excluding carboxylic acids is 1. The molecule has 0 heterocycles. The molecule has 0 aromatic heterocycles. The standard InChI is InChI=1S/C11H10FNO/c1-13-7-3-5-9-4-2-6-11(12)10(9)8-14/h2,4,6,8,13H,7H2,1H3. The van der Waals surface area contributed by atoms with E-state index in [1.807, 2.05) is 0 Å². The Balaban J connectivity index is 3.04. The molecule has 0 spiro atoms. The highest BCUT2D eigenvalue weighted by molar-refractivity contribution is 5.79. The SMILES string of the molecule is CNCC#Cc1cccc(F)c1C=O. The summed E-state index contributed by atoms with van der Waals surface area (Å²) in [4.78, 5) is 10.6. The zero-order valence-electron chi connectivity index (χ0n) is 7.80. The second-order valence-corrected chi connectivity index (χ2v) is 2.65. The molecule has 14 heavy (non-hydrogen) atoms. The molecular formula is C11H10FNO. The summed E-state index contributed by atoms with van der Waals surface area (Å²) >= 11 is 0. The summed E-state index contributed by atoms with van der Waals surface area (Å²) < 4.78 is 13.0. The van der Waals surface area contributed by atoms with Crippen molar-refractivity contribution in [2.24, 2.45) is 0 Å². The Hall–Kier alpha value is -1.66. The van der Waals surface area contributed by atoms with E-state index in [1.54, 1.807) is 13.1 Å². The van der Waals surface area contributed by atoms with Crippen LogP contribution in [-0.4, -0.2) is 19.9 Å². The van der Waals surface area contributed by atoms with E-state index >= 15 is 0 Å². The van der Waals surface area contributed by atoms with Crippen LogP contribution in [0.25, 0.3) is 0 Å². The van der Waals surface area contributed by atoms with E-state index in [1.165, 1.54) is 12.1 Å². The molecule has 0 radical (unpaired) electrons. The fourth-order valence-corrected chi connectivity index (χ4v) is 0.994. The van der Waals surface area contributed by atoms with Gasteiger partial charge in [0, 0.05) is 5.56 Å². The summed E-state index contributed by atoms with van der Waals surface area (Å²) in [5.74, 6) is 4.96. The molecule has 1 aromatic rings. The lowest BCUT2D eigenvalue weighted by Gasteiger charge is -1.96. The number of hydrogen-bond donors (Lipinski definition) is 1. The number of hydrogen-bond acceptors (Lipinski definition) is 2. The fourth-order valence-electron chi connectivity index (χ4n) is 0.994. The van der Waals surface area contributed by atoms with E-state index in [-0.39, 0.29) is 5.56 Å². The third-order valence-electron chi connectivity index (χ3n) is 1.66. The molecule has 72 valence electrons. The smallest absolute Gasteiger partial charge is 0.154 e. The number of carbonyl (C=O) groups is 1. The van der Waals surface area contributed by atoms with E-state index in [9.17, 15) is 9.18 Å². The summed E-state index contributed by atoms with van der Waals surface area (Å²) in [5, 5.41) is 2.83. The number of rotatable bonds is 2. The molecule has 3 heteroatoms. The zero-order valence-corrected chi connectivity index (χ0v) is 7.80. The van der Waals surface area contributed by atoms with E-state index in [0.717, 1.165) is 0 Å². The van der Waals surface area contributed by atoms with Crippen LogP contribution in [0.5, 0.6) is 0 Å². The molecule has 0 fully saturated rings. The molecule has 0 saturated heterocycles. The molecule has 2 nitrogen and oxygen atoms in total. The highest BCUT2D eigenvalue weighted by Gasteiger charge is 2.03. The minimum Gasteiger partial charge on any atom is -0.309 e. The molecule has 1 rings (SSSR count). The quantitative estimate of drug-likeness (QED) is 0.562. The summed E-state index contributed by atoms with van der Waals surface area (Å²) in [6.07, 6.45) is 0.485. The highest BCUT2D eigenvalue weighted by atomic mass is 19.1. The van der Waals surface area contributed by atoms with Gasteiger partial charge in [0.25, 0.3) is 0 Å². The van der Waals surface area contributed by atoms with Crippen molar-refractivity contribution in [2.75, 3.05) is 13.6 Å². The maximum atomic E-state index is 13.0. The molecule has 0 aliphatic carbocycles. The second-order valence-electron chi connectivity index (χ2n) is 2.65. The van der Waals surface area contributed by atoms with Gasteiger partial charge in [0.1, 0.15) is 5.82 Å². The third-order valence-corrected chi connectivity index (χ3v) is 1.66. The van der Waals surface area contributed by atoms with Gasteiger partial charge < -0.3 is 5.32 Å². The first-order valence-corrected chi connectivity index (χ1v) is 4.16. The molecule has 1 aromatic carbocycles. The van der Waals surface area contributed by atoms with Crippen molar-refractivity contribution in [2.45, 2.75) is 0 Å². The van der Waals surface area contributed by atoms with E-state index < -0.39 is 5.82 Å². The van der Waals surface area contributed by atoms with Crippen LogP contribution in [0, 0.1) is 17.7 Å². The maximum absolute atomic E-state index is 13.0. The van der Waals surface area contributed by atoms with Crippen LogP contribution in [0.3, 0.4) is 0 Å².